The average molecular weight is 244 g/mol. The second-order valence-electron chi connectivity index (χ2n) is 5.29. The number of nitrogens with zero attached hydrogens (tertiary/aromatic N) is 5. The molecule has 0 bridgehead atoms. The summed E-state index contributed by atoms with van der Waals surface area (Å²) in [5.74, 6) is 3.45. The van der Waals surface area contributed by atoms with Crippen molar-refractivity contribution in [1.82, 2.24) is 25.1 Å². The number of aryl methyl sites for hydroxylation is 1. The van der Waals surface area contributed by atoms with Crippen molar-refractivity contribution >= 4 is 11.5 Å². The van der Waals surface area contributed by atoms with Crippen LogP contribution >= 0.6 is 0 Å². The molecule has 0 amide bonds. The summed E-state index contributed by atoms with van der Waals surface area (Å²) in [4.78, 5) is 2.38. The average Bonchev–Trinajstić information content (AvgIpc) is 3.03. The minimum Gasteiger partial charge on any atom is -0.355 e. The summed E-state index contributed by atoms with van der Waals surface area (Å²) in [6.07, 6.45) is 0. The molecule has 0 spiro atoms. The molecule has 0 aliphatic carbocycles. The van der Waals surface area contributed by atoms with E-state index in [1.54, 1.807) is 0 Å². The van der Waals surface area contributed by atoms with Crippen molar-refractivity contribution in [2.24, 2.45) is 11.8 Å². The Morgan fingerprint density at radius 2 is 1.94 bits per heavy atom. The number of anilines is 1. The molecular formula is C12H16N6. The molecule has 0 saturated carbocycles. The van der Waals surface area contributed by atoms with Crippen molar-refractivity contribution in [1.29, 1.82) is 0 Å². The van der Waals surface area contributed by atoms with Crippen molar-refractivity contribution in [3.05, 3.63) is 18.0 Å². The summed E-state index contributed by atoms with van der Waals surface area (Å²) >= 11 is 0. The van der Waals surface area contributed by atoms with Gasteiger partial charge in [-0.05, 0) is 30.9 Å². The van der Waals surface area contributed by atoms with Crippen LogP contribution in [0.4, 0.5) is 5.82 Å². The summed E-state index contributed by atoms with van der Waals surface area (Å²) in [5.41, 5.74) is 0.817. The number of rotatable bonds is 1. The number of fused-ring (bicyclic) bond motifs is 2. The molecule has 0 aromatic carbocycles. The predicted molar refractivity (Wildman–Crippen MR) is 67.6 cm³/mol. The van der Waals surface area contributed by atoms with Crippen molar-refractivity contribution in [2.75, 3.05) is 31.1 Å². The number of hydrogen-bond acceptors (Lipinski definition) is 5. The van der Waals surface area contributed by atoms with Crippen LogP contribution in [-0.4, -0.2) is 46.0 Å². The molecule has 4 heterocycles. The first-order valence-corrected chi connectivity index (χ1v) is 6.46. The van der Waals surface area contributed by atoms with Crippen LogP contribution in [0.3, 0.4) is 0 Å². The maximum atomic E-state index is 4.64. The van der Waals surface area contributed by atoms with E-state index in [0.717, 1.165) is 55.3 Å². The molecular weight excluding hydrogens is 228 g/mol. The zero-order valence-corrected chi connectivity index (χ0v) is 10.4. The monoisotopic (exact) mass is 244 g/mol. The van der Waals surface area contributed by atoms with Gasteiger partial charge in [-0.3, -0.25) is 0 Å². The first-order chi connectivity index (χ1) is 8.81. The summed E-state index contributed by atoms with van der Waals surface area (Å²) in [5, 5.41) is 16.2. The van der Waals surface area contributed by atoms with E-state index in [2.05, 4.69) is 31.6 Å². The second-order valence-corrected chi connectivity index (χ2v) is 5.29. The molecule has 94 valence electrons. The van der Waals surface area contributed by atoms with Gasteiger partial charge >= 0.3 is 0 Å². The van der Waals surface area contributed by atoms with Crippen LogP contribution in [0.25, 0.3) is 5.65 Å². The molecule has 2 aliphatic heterocycles. The predicted octanol–water partition coefficient (Wildman–Crippen LogP) is 0.0883. The van der Waals surface area contributed by atoms with E-state index in [0.29, 0.717) is 0 Å². The van der Waals surface area contributed by atoms with E-state index >= 15 is 0 Å². The van der Waals surface area contributed by atoms with Crippen LogP contribution in [0, 0.1) is 18.8 Å². The van der Waals surface area contributed by atoms with E-state index in [1.807, 2.05) is 17.5 Å². The van der Waals surface area contributed by atoms with E-state index in [-0.39, 0.29) is 0 Å². The van der Waals surface area contributed by atoms with Gasteiger partial charge in [0.05, 0.1) is 0 Å². The standard InChI is InChI=1S/C12H16N6/c1-8-14-15-11-2-3-12(16-18(8)11)17-6-9-4-13-5-10(9)7-17/h2-3,9-10,13H,4-7H2,1H3. The zero-order chi connectivity index (χ0) is 12.1. The SMILES string of the molecule is Cc1nnc2ccc(N3CC4CNCC4C3)nn12. The van der Waals surface area contributed by atoms with Gasteiger partial charge in [-0.25, -0.2) is 0 Å². The Kier molecular flexibility index (Phi) is 2.08. The molecule has 2 aromatic heterocycles. The second kappa shape index (κ2) is 3.65. The van der Waals surface area contributed by atoms with Crippen LogP contribution < -0.4 is 10.2 Å². The largest absolute Gasteiger partial charge is 0.355 e. The van der Waals surface area contributed by atoms with Crippen LogP contribution in [0.2, 0.25) is 0 Å². The Balaban J connectivity index is 1.68. The molecule has 2 atom stereocenters. The first kappa shape index (κ1) is 10.3. The van der Waals surface area contributed by atoms with Gasteiger partial charge in [0.2, 0.25) is 0 Å². The molecule has 0 radical (unpaired) electrons. The number of hydrogen-bond donors (Lipinski definition) is 1. The molecule has 6 heteroatoms. The Morgan fingerprint density at radius 1 is 1.17 bits per heavy atom. The molecule has 18 heavy (non-hydrogen) atoms. The Bertz CT molecular complexity index is 579. The van der Waals surface area contributed by atoms with Gasteiger partial charge in [-0.15, -0.1) is 15.3 Å². The smallest absolute Gasteiger partial charge is 0.178 e. The maximum Gasteiger partial charge on any atom is 0.178 e. The lowest BCUT2D eigenvalue weighted by Crippen LogP contribution is -2.26. The fraction of sp³-hybridized carbons (Fsp3) is 0.583. The highest BCUT2D eigenvalue weighted by Crippen LogP contribution is 2.29. The molecule has 2 saturated heterocycles. The van der Waals surface area contributed by atoms with Crippen LogP contribution in [-0.2, 0) is 0 Å². The Labute approximate surface area is 105 Å². The zero-order valence-electron chi connectivity index (χ0n) is 10.4. The highest BCUT2D eigenvalue weighted by Gasteiger charge is 2.36. The van der Waals surface area contributed by atoms with E-state index in [9.17, 15) is 0 Å². The fourth-order valence-electron chi connectivity index (χ4n) is 3.10. The van der Waals surface area contributed by atoms with E-state index in [1.165, 1.54) is 0 Å². The van der Waals surface area contributed by atoms with Crippen molar-refractivity contribution in [3.63, 3.8) is 0 Å². The quantitative estimate of drug-likeness (QED) is 0.770. The maximum absolute atomic E-state index is 4.64. The lowest BCUT2D eigenvalue weighted by molar-refractivity contribution is 0.533. The van der Waals surface area contributed by atoms with Gasteiger partial charge in [0.25, 0.3) is 0 Å². The van der Waals surface area contributed by atoms with Crippen LogP contribution in [0.5, 0.6) is 0 Å². The third kappa shape index (κ3) is 1.42. The lowest BCUT2D eigenvalue weighted by atomic mass is 10.0. The summed E-state index contributed by atoms with van der Waals surface area (Å²) < 4.78 is 1.82. The van der Waals surface area contributed by atoms with Gasteiger partial charge in [0, 0.05) is 26.2 Å². The van der Waals surface area contributed by atoms with E-state index in [4.69, 9.17) is 0 Å². The van der Waals surface area contributed by atoms with Gasteiger partial charge in [-0.1, -0.05) is 0 Å². The van der Waals surface area contributed by atoms with Gasteiger partial charge in [-0.2, -0.15) is 4.52 Å². The molecule has 2 unspecified atom stereocenters. The van der Waals surface area contributed by atoms with Gasteiger partial charge in [0.1, 0.15) is 5.82 Å². The topological polar surface area (TPSA) is 58.4 Å². The van der Waals surface area contributed by atoms with Crippen LogP contribution in [0.15, 0.2) is 12.1 Å². The molecule has 2 fully saturated rings. The fourth-order valence-corrected chi connectivity index (χ4v) is 3.10. The van der Waals surface area contributed by atoms with Gasteiger partial charge in [0.15, 0.2) is 11.5 Å². The molecule has 2 aromatic rings. The minimum absolute atomic E-state index is 0.782. The molecule has 4 rings (SSSR count). The molecule has 2 aliphatic rings. The van der Waals surface area contributed by atoms with Crippen molar-refractivity contribution < 1.29 is 0 Å². The minimum atomic E-state index is 0.782. The Morgan fingerprint density at radius 3 is 2.72 bits per heavy atom. The lowest BCUT2D eigenvalue weighted by Gasteiger charge is -2.18. The summed E-state index contributed by atoms with van der Waals surface area (Å²) in [6.45, 7) is 6.44. The highest BCUT2D eigenvalue weighted by atomic mass is 15.4. The van der Waals surface area contributed by atoms with Gasteiger partial charge < -0.3 is 10.2 Å². The molecule has 6 nitrogen and oxygen atoms in total. The van der Waals surface area contributed by atoms with E-state index < -0.39 is 0 Å². The Hall–Kier alpha value is -1.69. The summed E-state index contributed by atoms with van der Waals surface area (Å²) in [7, 11) is 0. The van der Waals surface area contributed by atoms with Crippen molar-refractivity contribution in [2.45, 2.75) is 6.92 Å². The molecule has 1 N–H and O–H groups in total. The van der Waals surface area contributed by atoms with Crippen molar-refractivity contribution in [3.8, 4) is 0 Å². The third-order valence-corrected chi connectivity index (χ3v) is 4.12. The van der Waals surface area contributed by atoms with Crippen LogP contribution in [0.1, 0.15) is 5.82 Å². The normalized spacial score (nSPS) is 27.1. The number of nitrogens with one attached hydrogen (secondary N) is 1. The number of aromatic nitrogens is 4. The first-order valence-electron chi connectivity index (χ1n) is 6.46. The third-order valence-electron chi connectivity index (χ3n) is 4.12. The summed E-state index contributed by atoms with van der Waals surface area (Å²) in [6, 6.07) is 4.05. The highest BCUT2D eigenvalue weighted by molar-refractivity contribution is 5.46.